The molecule has 0 bridgehead atoms. The van der Waals surface area contributed by atoms with E-state index in [2.05, 4.69) is 16.9 Å². The summed E-state index contributed by atoms with van der Waals surface area (Å²) < 4.78 is 33.8. The molecule has 3 rings (SSSR count). The Labute approximate surface area is 188 Å². The Morgan fingerprint density at radius 3 is 2.66 bits per heavy atom. The SMILES string of the molecule is C=CCNC(=O)C1CN(C(=O)OC(C)(C)C)CCN1S(=O)(=O)c1cccc2cccnc12. The van der Waals surface area contributed by atoms with Gasteiger partial charge in [0.15, 0.2) is 0 Å². The minimum atomic E-state index is -4.09. The highest BCUT2D eigenvalue weighted by molar-refractivity contribution is 7.89. The van der Waals surface area contributed by atoms with E-state index in [1.807, 2.05) is 0 Å². The highest BCUT2D eigenvalue weighted by Crippen LogP contribution is 2.27. The van der Waals surface area contributed by atoms with Crippen molar-refractivity contribution in [3.05, 3.63) is 49.2 Å². The normalized spacial score (nSPS) is 17.7. The van der Waals surface area contributed by atoms with Crippen LogP contribution in [0.25, 0.3) is 10.9 Å². The maximum Gasteiger partial charge on any atom is 0.410 e. The topological polar surface area (TPSA) is 109 Å². The number of aromatic nitrogens is 1. The van der Waals surface area contributed by atoms with E-state index in [1.54, 1.807) is 45.0 Å². The first-order valence-electron chi connectivity index (χ1n) is 10.3. The molecule has 1 aliphatic rings. The van der Waals surface area contributed by atoms with Crippen molar-refractivity contribution in [2.75, 3.05) is 26.2 Å². The molecule has 0 radical (unpaired) electrons. The Morgan fingerprint density at radius 1 is 1.25 bits per heavy atom. The van der Waals surface area contributed by atoms with Crippen molar-refractivity contribution < 1.29 is 22.7 Å². The first-order valence-corrected chi connectivity index (χ1v) is 11.7. The Kier molecular flexibility index (Phi) is 6.85. The summed E-state index contributed by atoms with van der Waals surface area (Å²) in [5.74, 6) is -0.519. The zero-order valence-electron chi connectivity index (χ0n) is 18.4. The number of ether oxygens (including phenoxy) is 1. The molecule has 1 atom stereocenters. The monoisotopic (exact) mass is 460 g/mol. The molecule has 2 heterocycles. The van der Waals surface area contributed by atoms with Crippen molar-refractivity contribution in [3.8, 4) is 0 Å². The third-order valence-corrected chi connectivity index (χ3v) is 6.83. The van der Waals surface area contributed by atoms with Crippen molar-refractivity contribution in [2.45, 2.75) is 37.3 Å². The average molecular weight is 461 g/mol. The second-order valence-corrected chi connectivity index (χ2v) is 10.3. The molecule has 32 heavy (non-hydrogen) atoms. The number of fused-ring (bicyclic) bond motifs is 1. The van der Waals surface area contributed by atoms with Gasteiger partial charge in [-0.15, -0.1) is 6.58 Å². The summed E-state index contributed by atoms with van der Waals surface area (Å²) >= 11 is 0. The van der Waals surface area contributed by atoms with Crippen LogP contribution in [0.4, 0.5) is 4.79 Å². The molecule has 1 unspecified atom stereocenters. The number of amides is 2. The molecule has 172 valence electrons. The van der Waals surface area contributed by atoms with Gasteiger partial charge in [0.25, 0.3) is 0 Å². The van der Waals surface area contributed by atoms with Gasteiger partial charge in [-0.05, 0) is 32.9 Å². The standard InChI is InChI=1S/C22H28N4O5S/c1-5-11-24-20(27)17-15-25(21(28)31-22(2,3)4)13-14-26(17)32(29,30)18-10-6-8-16-9-7-12-23-19(16)18/h5-10,12,17H,1,11,13-15H2,2-4H3,(H,24,27). The first kappa shape index (κ1) is 23.7. The second-order valence-electron chi connectivity index (χ2n) is 8.42. The average Bonchev–Trinajstić information content (AvgIpc) is 2.75. The van der Waals surface area contributed by atoms with Gasteiger partial charge in [-0.2, -0.15) is 4.31 Å². The molecule has 1 aromatic heterocycles. The van der Waals surface area contributed by atoms with Gasteiger partial charge in [0.2, 0.25) is 15.9 Å². The number of sulfonamides is 1. The molecule has 1 aromatic carbocycles. The second kappa shape index (κ2) is 9.25. The van der Waals surface area contributed by atoms with E-state index in [0.29, 0.717) is 10.9 Å². The van der Waals surface area contributed by atoms with E-state index in [1.165, 1.54) is 23.2 Å². The van der Waals surface area contributed by atoms with Crippen LogP contribution in [0.5, 0.6) is 0 Å². The molecule has 2 aromatic rings. The fourth-order valence-corrected chi connectivity index (χ4v) is 5.20. The quantitative estimate of drug-likeness (QED) is 0.685. The number of nitrogens with zero attached hydrogens (tertiary/aromatic N) is 3. The summed E-state index contributed by atoms with van der Waals surface area (Å²) in [5.41, 5.74) is -0.384. The van der Waals surface area contributed by atoms with Gasteiger partial charge in [-0.3, -0.25) is 9.78 Å². The van der Waals surface area contributed by atoms with E-state index in [0.717, 1.165) is 4.31 Å². The van der Waals surface area contributed by atoms with E-state index < -0.39 is 33.7 Å². The third kappa shape index (κ3) is 5.08. The number of benzene rings is 1. The Hall–Kier alpha value is -2.98. The molecular formula is C22H28N4O5S. The molecule has 1 saturated heterocycles. The number of para-hydroxylation sites is 1. The summed E-state index contributed by atoms with van der Waals surface area (Å²) in [6, 6.07) is 7.26. The van der Waals surface area contributed by atoms with Crippen LogP contribution < -0.4 is 5.32 Å². The maximum atomic E-state index is 13.6. The molecule has 1 N–H and O–H groups in total. The molecule has 0 saturated carbocycles. The number of hydrogen-bond acceptors (Lipinski definition) is 6. The lowest BCUT2D eigenvalue weighted by atomic mass is 10.2. The molecule has 2 amide bonds. The van der Waals surface area contributed by atoms with Gasteiger partial charge in [0.05, 0.1) is 5.52 Å². The minimum absolute atomic E-state index is 0.0165. The van der Waals surface area contributed by atoms with E-state index in [9.17, 15) is 18.0 Å². The van der Waals surface area contributed by atoms with Crippen LogP contribution in [0.2, 0.25) is 0 Å². The maximum absolute atomic E-state index is 13.6. The van der Waals surface area contributed by atoms with Crippen molar-refractivity contribution in [3.63, 3.8) is 0 Å². The predicted octanol–water partition coefficient (Wildman–Crippen LogP) is 2.15. The van der Waals surface area contributed by atoms with Crippen LogP contribution in [0.3, 0.4) is 0 Å². The van der Waals surface area contributed by atoms with Gasteiger partial charge < -0.3 is 15.0 Å². The van der Waals surface area contributed by atoms with E-state index in [-0.39, 0.29) is 31.1 Å². The lowest BCUT2D eigenvalue weighted by Gasteiger charge is -2.39. The summed E-state index contributed by atoms with van der Waals surface area (Å²) in [6.45, 7) is 8.88. The van der Waals surface area contributed by atoms with Crippen molar-refractivity contribution in [1.82, 2.24) is 19.5 Å². The van der Waals surface area contributed by atoms with Crippen LogP contribution >= 0.6 is 0 Å². The van der Waals surface area contributed by atoms with Crippen LogP contribution in [0.15, 0.2) is 54.1 Å². The van der Waals surface area contributed by atoms with Crippen LogP contribution in [0.1, 0.15) is 20.8 Å². The third-order valence-electron chi connectivity index (χ3n) is 4.89. The zero-order valence-corrected chi connectivity index (χ0v) is 19.3. The van der Waals surface area contributed by atoms with E-state index in [4.69, 9.17) is 4.74 Å². The molecular weight excluding hydrogens is 432 g/mol. The molecule has 0 spiro atoms. The highest BCUT2D eigenvalue weighted by Gasteiger charge is 2.42. The Bertz CT molecular complexity index is 1120. The summed E-state index contributed by atoms with van der Waals surface area (Å²) in [5, 5.41) is 3.32. The van der Waals surface area contributed by atoms with Crippen molar-refractivity contribution in [2.24, 2.45) is 0 Å². The molecule has 10 heteroatoms. The van der Waals surface area contributed by atoms with Gasteiger partial charge in [0, 0.05) is 37.8 Å². The van der Waals surface area contributed by atoms with Gasteiger partial charge >= 0.3 is 6.09 Å². The Morgan fingerprint density at radius 2 is 1.97 bits per heavy atom. The van der Waals surface area contributed by atoms with Crippen molar-refractivity contribution in [1.29, 1.82) is 0 Å². The number of carbonyl (C=O) groups is 2. The fourth-order valence-electron chi connectivity index (χ4n) is 3.46. The number of pyridine rings is 1. The molecule has 1 aliphatic heterocycles. The summed E-state index contributed by atoms with van der Waals surface area (Å²) in [6.07, 6.45) is 2.43. The largest absolute Gasteiger partial charge is 0.444 e. The lowest BCUT2D eigenvalue weighted by molar-refractivity contribution is -0.126. The highest BCUT2D eigenvalue weighted by atomic mass is 32.2. The first-order chi connectivity index (χ1) is 15.0. The fraction of sp³-hybridized carbons (Fsp3) is 0.409. The van der Waals surface area contributed by atoms with E-state index >= 15 is 0 Å². The smallest absolute Gasteiger partial charge is 0.410 e. The number of rotatable bonds is 5. The van der Waals surface area contributed by atoms with Crippen molar-refractivity contribution >= 4 is 32.9 Å². The van der Waals surface area contributed by atoms with Gasteiger partial charge in [-0.25, -0.2) is 13.2 Å². The zero-order chi connectivity index (χ0) is 23.5. The molecule has 1 fully saturated rings. The van der Waals surface area contributed by atoms with Crippen LogP contribution in [-0.4, -0.2) is 72.4 Å². The summed E-state index contributed by atoms with van der Waals surface area (Å²) in [4.78, 5) is 31.1. The lowest BCUT2D eigenvalue weighted by Crippen LogP contribution is -2.61. The molecule has 0 aliphatic carbocycles. The molecule has 9 nitrogen and oxygen atoms in total. The Balaban J connectivity index is 1.97. The summed E-state index contributed by atoms with van der Waals surface area (Å²) in [7, 11) is -4.09. The minimum Gasteiger partial charge on any atom is -0.444 e. The van der Waals surface area contributed by atoms with Gasteiger partial charge in [-0.1, -0.05) is 24.3 Å². The predicted molar refractivity (Wildman–Crippen MR) is 120 cm³/mol. The van der Waals surface area contributed by atoms with Gasteiger partial charge in [0.1, 0.15) is 16.5 Å². The van der Waals surface area contributed by atoms with Crippen LogP contribution in [0, 0.1) is 0 Å². The number of piperazine rings is 1. The number of nitrogens with one attached hydrogen (secondary N) is 1. The number of carbonyl (C=O) groups excluding carboxylic acids is 2. The number of hydrogen-bond donors (Lipinski definition) is 1. The van der Waals surface area contributed by atoms with Crippen LogP contribution in [-0.2, 0) is 19.6 Å².